The lowest BCUT2D eigenvalue weighted by Crippen LogP contribution is -2.43. The van der Waals surface area contributed by atoms with Gasteiger partial charge < -0.3 is 20.5 Å². The zero-order valence-electron chi connectivity index (χ0n) is 33.2. The number of pyridine rings is 2. The minimum Gasteiger partial charge on any atom is -0.480 e. The van der Waals surface area contributed by atoms with Crippen LogP contribution >= 0.6 is 27.5 Å². The van der Waals surface area contributed by atoms with Gasteiger partial charge in [0, 0.05) is 35.3 Å². The first-order valence-electron chi connectivity index (χ1n) is 19.2. The Labute approximate surface area is 370 Å². The van der Waals surface area contributed by atoms with Crippen molar-refractivity contribution in [3.8, 4) is 33.4 Å². The molecule has 0 spiro atoms. The number of carboxylic acid groups (broad SMARTS) is 1. The van der Waals surface area contributed by atoms with E-state index in [1.807, 2.05) is 109 Å². The molecule has 0 fully saturated rings. The zero-order chi connectivity index (χ0) is 44.0. The Morgan fingerprint density at radius 1 is 0.613 bits per heavy atom. The highest BCUT2D eigenvalue weighted by molar-refractivity contribution is 9.10. The molecule has 10 nitrogen and oxygen atoms in total. The van der Waals surface area contributed by atoms with Gasteiger partial charge >= 0.3 is 11.9 Å². The molecule has 2 atom stereocenters. The van der Waals surface area contributed by atoms with Crippen LogP contribution < -0.4 is 10.6 Å². The SMILES string of the molecule is COC(=O)[C@H](Cc1ccc(-c2ccccc2)cc1)NC(=O)c1ccc(Br)cn1.O=C(N[C@@H](Cc1ccc(-c2ccccc2)cc1)C(=O)O)c1ccc(-c2ccc(F)c(Cl)c2)cn1. The van der Waals surface area contributed by atoms with Crippen molar-refractivity contribution in [2.24, 2.45) is 0 Å². The monoisotopic (exact) mass is 912 g/mol. The van der Waals surface area contributed by atoms with Gasteiger partial charge in [0.05, 0.1) is 12.1 Å². The highest BCUT2D eigenvalue weighted by Crippen LogP contribution is 2.25. The maximum absolute atomic E-state index is 13.4. The molecule has 3 N–H and O–H groups in total. The quantitative estimate of drug-likeness (QED) is 0.0970. The number of nitrogens with zero attached hydrogens (tertiary/aromatic N) is 2. The molecule has 0 saturated carbocycles. The fourth-order valence-corrected chi connectivity index (χ4v) is 6.70. The molecule has 7 aromatic rings. The van der Waals surface area contributed by atoms with E-state index in [-0.39, 0.29) is 22.8 Å². The van der Waals surface area contributed by atoms with Crippen LogP contribution in [0.3, 0.4) is 0 Å². The number of benzene rings is 5. The van der Waals surface area contributed by atoms with E-state index in [4.69, 9.17) is 16.3 Å². The molecule has 5 aromatic carbocycles. The van der Waals surface area contributed by atoms with Gasteiger partial charge in [-0.2, -0.15) is 0 Å². The van der Waals surface area contributed by atoms with Crippen LogP contribution in [0, 0.1) is 5.82 Å². The van der Waals surface area contributed by atoms with E-state index in [1.165, 1.54) is 37.7 Å². The van der Waals surface area contributed by atoms with Gasteiger partial charge in [-0.15, -0.1) is 0 Å². The second-order valence-corrected chi connectivity index (χ2v) is 15.2. The Morgan fingerprint density at radius 3 is 1.52 bits per heavy atom. The van der Waals surface area contributed by atoms with Crippen molar-refractivity contribution in [3.63, 3.8) is 0 Å². The van der Waals surface area contributed by atoms with Crippen molar-refractivity contribution >= 4 is 51.3 Å². The summed E-state index contributed by atoms with van der Waals surface area (Å²) in [6.45, 7) is 0. The number of amides is 2. The number of carboxylic acids is 1. The number of hydrogen-bond donors (Lipinski definition) is 3. The van der Waals surface area contributed by atoms with E-state index in [1.54, 1.807) is 24.3 Å². The van der Waals surface area contributed by atoms with Gasteiger partial charge in [-0.1, -0.05) is 133 Å². The molecule has 0 unspecified atom stereocenters. The lowest BCUT2D eigenvalue weighted by Gasteiger charge is -2.16. The van der Waals surface area contributed by atoms with Gasteiger partial charge in [-0.05, 0) is 85.2 Å². The van der Waals surface area contributed by atoms with E-state index in [0.717, 1.165) is 37.9 Å². The zero-order valence-corrected chi connectivity index (χ0v) is 35.5. The molecule has 62 heavy (non-hydrogen) atoms. The fraction of sp³-hybridized carbons (Fsp3) is 0.102. The molecule has 0 aliphatic carbocycles. The third-order valence-electron chi connectivity index (χ3n) is 9.61. The summed E-state index contributed by atoms with van der Waals surface area (Å²) in [6.07, 6.45) is 3.44. The number of methoxy groups -OCH3 is 1. The predicted octanol–water partition coefficient (Wildman–Crippen LogP) is 9.66. The van der Waals surface area contributed by atoms with Crippen LogP contribution in [0.25, 0.3) is 33.4 Å². The molecule has 2 amide bonds. The lowest BCUT2D eigenvalue weighted by molar-refractivity contribution is -0.143. The smallest absolute Gasteiger partial charge is 0.328 e. The number of ether oxygens (including phenoxy) is 1. The number of hydrogen-bond acceptors (Lipinski definition) is 7. The molecule has 2 heterocycles. The topological polar surface area (TPSA) is 148 Å². The predicted molar refractivity (Wildman–Crippen MR) is 240 cm³/mol. The number of nitrogens with one attached hydrogen (secondary N) is 2. The van der Waals surface area contributed by atoms with Crippen molar-refractivity contribution in [1.82, 2.24) is 20.6 Å². The van der Waals surface area contributed by atoms with Crippen molar-refractivity contribution in [2.75, 3.05) is 7.11 Å². The highest BCUT2D eigenvalue weighted by Gasteiger charge is 2.24. The molecule has 13 heteroatoms. The standard InChI is InChI=1S/C27H20ClFN2O3.C22H19BrN2O3/c28-22-15-20(10-12-23(22)29)21-11-13-24(30-16-21)26(32)31-25(27(33)34)14-17-6-8-19(9-7-17)18-4-2-1-3-5-18;1-28-22(27)20(25-21(26)19-12-11-18(23)14-24-19)13-15-7-9-17(10-8-15)16-5-3-2-4-6-16/h1-13,15-16,25H,14H2,(H,31,32)(H,33,34);2-12,14,20H,13H2,1H3,(H,25,26)/t25-;20-/m00/s1. The van der Waals surface area contributed by atoms with Gasteiger partial charge in [-0.25, -0.2) is 19.0 Å². The van der Waals surface area contributed by atoms with E-state index in [0.29, 0.717) is 17.5 Å². The molecule has 0 aliphatic rings. The fourth-order valence-electron chi connectivity index (χ4n) is 6.28. The Balaban J connectivity index is 0.000000211. The summed E-state index contributed by atoms with van der Waals surface area (Å²) in [6, 6.07) is 44.1. The molecule has 0 bridgehead atoms. The van der Waals surface area contributed by atoms with Gasteiger partial charge in [0.15, 0.2) is 0 Å². The van der Waals surface area contributed by atoms with Crippen molar-refractivity contribution in [1.29, 1.82) is 0 Å². The number of halogens is 3. The van der Waals surface area contributed by atoms with Gasteiger partial charge in [-0.3, -0.25) is 14.6 Å². The largest absolute Gasteiger partial charge is 0.480 e. The minimum atomic E-state index is -1.14. The lowest BCUT2D eigenvalue weighted by atomic mass is 10.0. The first-order valence-corrected chi connectivity index (χ1v) is 20.4. The van der Waals surface area contributed by atoms with Gasteiger partial charge in [0.2, 0.25) is 0 Å². The summed E-state index contributed by atoms with van der Waals surface area (Å²) >= 11 is 9.10. The minimum absolute atomic E-state index is 0.0135. The van der Waals surface area contributed by atoms with Crippen LogP contribution in [0.2, 0.25) is 5.02 Å². The Hall–Kier alpha value is -7.02. The average molecular weight is 914 g/mol. The van der Waals surface area contributed by atoms with E-state index in [9.17, 15) is 28.7 Å². The van der Waals surface area contributed by atoms with E-state index in [2.05, 4.69) is 36.5 Å². The maximum atomic E-state index is 13.4. The van der Waals surface area contributed by atoms with Gasteiger partial charge in [0.1, 0.15) is 29.3 Å². The highest BCUT2D eigenvalue weighted by atomic mass is 79.9. The number of rotatable bonds is 13. The molecule has 0 aliphatic heterocycles. The second kappa shape index (κ2) is 21.5. The normalized spacial score (nSPS) is 11.5. The maximum Gasteiger partial charge on any atom is 0.328 e. The molecule has 312 valence electrons. The summed E-state index contributed by atoms with van der Waals surface area (Å²) < 4.78 is 19.0. The van der Waals surface area contributed by atoms with Crippen molar-refractivity contribution < 1.29 is 33.4 Å². The Morgan fingerprint density at radius 2 is 1.06 bits per heavy atom. The first kappa shape index (κ1) is 44.5. The van der Waals surface area contributed by atoms with Gasteiger partial charge in [0.25, 0.3) is 11.8 Å². The number of aromatic nitrogens is 2. The second-order valence-electron chi connectivity index (χ2n) is 13.9. The number of aliphatic carboxylic acids is 1. The van der Waals surface area contributed by atoms with E-state index >= 15 is 0 Å². The third kappa shape index (κ3) is 12.3. The van der Waals surface area contributed by atoms with Crippen molar-refractivity contribution in [2.45, 2.75) is 24.9 Å². The first-order chi connectivity index (χ1) is 30.0. The van der Waals surface area contributed by atoms with Crippen LogP contribution in [0.1, 0.15) is 32.1 Å². The van der Waals surface area contributed by atoms with Crippen molar-refractivity contribution in [3.05, 3.63) is 202 Å². The van der Waals surface area contributed by atoms with E-state index < -0.39 is 41.7 Å². The molecular formula is C49H39BrClFN4O6. The summed E-state index contributed by atoms with van der Waals surface area (Å²) in [5, 5.41) is 14.9. The van der Waals surface area contributed by atoms with Crippen LogP contribution in [0.15, 0.2) is 169 Å². The summed E-state index contributed by atoms with van der Waals surface area (Å²) in [5.41, 5.74) is 7.58. The molecule has 2 aromatic heterocycles. The molecule has 0 saturated heterocycles. The summed E-state index contributed by atoms with van der Waals surface area (Å²) in [7, 11) is 1.30. The Kier molecular flexibility index (Phi) is 15.4. The van der Waals surface area contributed by atoms with Crippen LogP contribution in [-0.2, 0) is 27.2 Å². The number of carbonyl (C=O) groups is 4. The molecule has 7 rings (SSSR count). The summed E-state index contributed by atoms with van der Waals surface area (Å²) in [4.78, 5) is 57.2. The molecule has 0 radical (unpaired) electrons. The van der Waals surface area contributed by atoms with Crippen LogP contribution in [0.5, 0.6) is 0 Å². The molecular weight excluding hydrogens is 875 g/mol. The number of esters is 1. The van der Waals surface area contributed by atoms with Crippen LogP contribution in [0.4, 0.5) is 4.39 Å². The summed E-state index contributed by atoms with van der Waals surface area (Å²) in [5.74, 6) is -3.19. The average Bonchev–Trinajstić information content (AvgIpc) is 3.30. The Bertz CT molecular complexity index is 2620. The third-order valence-corrected chi connectivity index (χ3v) is 10.4. The van der Waals surface area contributed by atoms with Crippen LogP contribution in [-0.4, -0.2) is 58.0 Å². The number of carbonyl (C=O) groups excluding carboxylic acids is 3.